The molecule has 0 spiro atoms. The number of methoxy groups -OCH3 is 3. The molecule has 0 aliphatic carbocycles. The van der Waals surface area contributed by atoms with Gasteiger partial charge in [-0.05, 0) is 43.2 Å². The second kappa shape index (κ2) is 13.8. The summed E-state index contributed by atoms with van der Waals surface area (Å²) in [7, 11) is 6.54. The number of rotatable bonds is 10. The molecule has 0 aliphatic heterocycles. The SMILES string of the molecule is CCN(CC)c1ccc(CNC(=NC)NCc2cc(OC)c(OC)c(OC)c2)cn1.I. The van der Waals surface area contributed by atoms with Crippen LogP contribution in [0.2, 0.25) is 0 Å². The third-order valence-corrected chi connectivity index (χ3v) is 4.76. The molecule has 0 amide bonds. The normalized spacial score (nSPS) is 10.7. The molecule has 1 aromatic carbocycles. The van der Waals surface area contributed by atoms with Gasteiger partial charge in [-0.15, -0.1) is 24.0 Å². The van der Waals surface area contributed by atoms with E-state index in [9.17, 15) is 0 Å². The van der Waals surface area contributed by atoms with E-state index in [-0.39, 0.29) is 24.0 Å². The van der Waals surface area contributed by atoms with Gasteiger partial charge in [0, 0.05) is 39.4 Å². The van der Waals surface area contributed by atoms with E-state index in [2.05, 4.69) is 51.5 Å². The van der Waals surface area contributed by atoms with Crippen LogP contribution in [-0.4, -0.2) is 52.4 Å². The number of ether oxygens (including phenoxy) is 3. The first-order valence-electron chi connectivity index (χ1n) is 10.0. The van der Waals surface area contributed by atoms with Gasteiger partial charge < -0.3 is 29.7 Å². The van der Waals surface area contributed by atoms with Crippen LogP contribution in [-0.2, 0) is 13.1 Å². The zero-order valence-corrected chi connectivity index (χ0v) is 21.5. The van der Waals surface area contributed by atoms with Crippen LogP contribution < -0.4 is 29.7 Å². The fourth-order valence-electron chi connectivity index (χ4n) is 3.09. The van der Waals surface area contributed by atoms with E-state index in [0.717, 1.165) is 30.0 Å². The molecule has 31 heavy (non-hydrogen) atoms. The van der Waals surface area contributed by atoms with Crippen molar-refractivity contribution in [2.24, 2.45) is 4.99 Å². The fourth-order valence-corrected chi connectivity index (χ4v) is 3.09. The van der Waals surface area contributed by atoms with Gasteiger partial charge in [0.15, 0.2) is 17.5 Å². The minimum atomic E-state index is 0. The second-order valence-electron chi connectivity index (χ2n) is 6.51. The van der Waals surface area contributed by atoms with Gasteiger partial charge in [0.2, 0.25) is 5.75 Å². The van der Waals surface area contributed by atoms with Crippen LogP contribution in [0.25, 0.3) is 0 Å². The van der Waals surface area contributed by atoms with Gasteiger partial charge in [-0.1, -0.05) is 6.07 Å². The van der Waals surface area contributed by atoms with Gasteiger partial charge in [0.25, 0.3) is 0 Å². The van der Waals surface area contributed by atoms with Gasteiger partial charge in [-0.3, -0.25) is 4.99 Å². The van der Waals surface area contributed by atoms with Crippen molar-refractivity contribution in [3.63, 3.8) is 0 Å². The highest BCUT2D eigenvalue weighted by molar-refractivity contribution is 14.0. The lowest BCUT2D eigenvalue weighted by Crippen LogP contribution is -2.36. The fraction of sp³-hybridized carbons (Fsp3) is 0.455. The van der Waals surface area contributed by atoms with Crippen molar-refractivity contribution in [3.8, 4) is 17.2 Å². The predicted molar refractivity (Wildman–Crippen MR) is 136 cm³/mol. The Kier molecular flexibility index (Phi) is 11.8. The highest BCUT2D eigenvalue weighted by atomic mass is 127. The van der Waals surface area contributed by atoms with Crippen molar-refractivity contribution in [3.05, 3.63) is 41.6 Å². The zero-order valence-electron chi connectivity index (χ0n) is 19.2. The number of halogens is 1. The average molecular weight is 543 g/mol. The Hall–Kier alpha value is -2.43. The Balaban J connectivity index is 0.00000480. The molecule has 0 saturated heterocycles. The molecule has 1 heterocycles. The molecular weight excluding hydrogens is 509 g/mol. The number of nitrogens with zero attached hydrogens (tertiary/aromatic N) is 3. The molecule has 0 unspecified atom stereocenters. The summed E-state index contributed by atoms with van der Waals surface area (Å²) in [5.41, 5.74) is 2.07. The first-order chi connectivity index (χ1) is 14.6. The Morgan fingerprint density at radius 2 is 1.52 bits per heavy atom. The molecule has 0 radical (unpaired) electrons. The van der Waals surface area contributed by atoms with Crippen LogP contribution in [0.4, 0.5) is 5.82 Å². The minimum Gasteiger partial charge on any atom is -0.493 e. The number of aromatic nitrogens is 1. The quantitative estimate of drug-likeness (QED) is 0.270. The number of nitrogens with one attached hydrogen (secondary N) is 2. The van der Waals surface area contributed by atoms with Crippen LogP contribution >= 0.6 is 24.0 Å². The topological polar surface area (TPSA) is 80.2 Å². The summed E-state index contributed by atoms with van der Waals surface area (Å²) in [4.78, 5) is 11.1. The van der Waals surface area contributed by atoms with Crippen molar-refractivity contribution in [1.29, 1.82) is 0 Å². The molecule has 0 bridgehead atoms. The number of aliphatic imine (C=N–C) groups is 1. The van der Waals surface area contributed by atoms with Crippen molar-refractivity contribution in [2.45, 2.75) is 26.9 Å². The van der Waals surface area contributed by atoms with Crippen LogP contribution in [0.15, 0.2) is 35.5 Å². The van der Waals surface area contributed by atoms with Crippen LogP contribution in [0.3, 0.4) is 0 Å². The van der Waals surface area contributed by atoms with Gasteiger partial charge in [0.05, 0.1) is 21.3 Å². The summed E-state index contributed by atoms with van der Waals surface area (Å²) in [6.45, 7) is 7.32. The zero-order chi connectivity index (χ0) is 21.9. The predicted octanol–water partition coefficient (Wildman–Crippen LogP) is 3.44. The Morgan fingerprint density at radius 3 is 1.94 bits per heavy atom. The maximum absolute atomic E-state index is 5.41. The van der Waals surface area contributed by atoms with E-state index >= 15 is 0 Å². The standard InChI is InChI=1S/C22H33N5O3.HI/c1-7-27(8-2)20-10-9-16(13-24-20)14-25-22(23-3)26-15-17-11-18(28-4)21(30-6)19(12-17)29-5;/h9-13H,7-8,14-15H2,1-6H3,(H2,23,25,26);1H. The molecule has 0 aliphatic rings. The Morgan fingerprint density at radius 1 is 0.935 bits per heavy atom. The number of pyridine rings is 1. The summed E-state index contributed by atoms with van der Waals surface area (Å²) in [5, 5.41) is 6.61. The summed E-state index contributed by atoms with van der Waals surface area (Å²) in [6.07, 6.45) is 1.90. The van der Waals surface area contributed by atoms with Crippen LogP contribution in [0.1, 0.15) is 25.0 Å². The molecule has 8 nitrogen and oxygen atoms in total. The Labute approximate surface area is 202 Å². The maximum Gasteiger partial charge on any atom is 0.203 e. The lowest BCUT2D eigenvalue weighted by Gasteiger charge is -2.19. The number of guanidine groups is 1. The van der Waals surface area contributed by atoms with Gasteiger partial charge in [0.1, 0.15) is 5.82 Å². The van der Waals surface area contributed by atoms with Crippen molar-refractivity contribution in [2.75, 3.05) is 46.4 Å². The second-order valence-corrected chi connectivity index (χ2v) is 6.51. The van der Waals surface area contributed by atoms with Gasteiger partial charge in [-0.25, -0.2) is 4.98 Å². The van der Waals surface area contributed by atoms with Gasteiger partial charge in [-0.2, -0.15) is 0 Å². The van der Waals surface area contributed by atoms with E-state index in [1.54, 1.807) is 28.4 Å². The number of anilines is 1. The number of hydrogen-bond acceptors (Lipinski definition) is 6. The number of hydrogen-bond donors (Lipinski definition) is 2. The van der Waals surface area contributed by atoms with E-state index in [1.807, 2.05) is 18.3 Å². The van der Waals surface area contributed by atoms with E-state index < -0.39 is 0 Å². The summed E-state index contributed by atoms with van der Waals surface area (Å²) < 4.78 is 16.2. The summed E-state index contributed by atoms with van der Waals surface area (Å²) in [5.74, 6) is 3.50. The highest BCUT2D eigenvalue weighted by Gasteiger charge is 2.13. The molecular formula is C22H34IN5O3. The largest absolute Gasteiger partial charge is 0.493 e. The molecule has 0 fully saturated rings. The van der Waals surface area contributed by atoms with Crippen molar-refractivity contribution >= 4 is 35.8 Å². The third-order valence-electron chi connectivity index (χ3n) is 4.76. The van der Waals surface area contributed by atoms with Crippen molar-refractivity contribution in [1.82, 2.24) is 15.6 Å². The van der Waals surface area contributed by atoms with E-state index in [1.165, 1.54) is 0 Å². The molecule has 9 heteroatoms. The summed E-state index contributed by atoms with van der Waals surface area (Å²) >= 11 is 0. The molecule has 0 saturated carbocycles. The minimum absolute atomic E-state index is 0. The lowest BCUT2D eigenvalue weighted by molar-refractivity contribution is 0.323. The van der Waals surface area contributed by atoms with Crippen LogP contribution in [0, 0.1) is 0 Å². The molecule has 2 N–H and O–H groups in total. The highest BCUT2D eigenvalue weighted by Crippen LogP contribution is 2.38. The lowest BCUT2D eigenvalue weighted by atomic mass is 10.2. The first kappa shape index (κ1) is 26.6. The molecule has 2 rings (SSSR count). The third kappa shape index (κ3) is 7.34. The Bertz CT molecular complexity index is 801. The number of benzene rings is 1. The molecule has 2 aromatic rings. The molecule has 172 valence electrons. The molecule has 1 aromatic heterocycles. The maximum atomic E-state index is 5.41. The van der Waals surface area contributed by atoms with Crippen LogP contribution in [0.5, 0.6) is 17.2 Å². The van der Waals surface area contributed by atoms with Gasteiger partial charge >= 0.3 is 0 Å². The van der Waals surface area contributed by atoms with E-state index in [4.69, 9.17) is 14.2 Å². The first-order valence-corrected chi connectivity index (χ1v) is 10.0. The van der Waals surface area contributed by atoms with E-state index in [0.29, 0.717) is 36.3 Å². The smallest absolute Gasteiger partial charge is 0.203 e. The monoisotopic (exact) mass is 543 g/mol. The van der Waals surface area contributed by atoms with Crippen molar-refractivity contribution < 1.29 is 14.2 Å². The molecule has 0 atom stereocenters. The average Bonchev–Trinajstić information content (AvgIpc) is 2.80. The summed E-state index contributed by atoms with van der Waals surface area (Å²) in [6, 6.07) is 7.96.